The predicted octanol–water partition coefficient (Wildman–Crippen LogP) is 4.37. The molecule has 2 aromatic carbocycles. The molecule has 0 unspecified atom stereocenters. The van der Waals surface area contributed by atoms with Crippen molar-refractivity contribution in [2.24, 2.45) is 0 Å². The topological polar surface area (TPSA) is 66.9 Å². The molecule has 0 bridgehead atoms. The highest BCUT2D eigenvalue weighted by atomic mass is 32.1. The number of carbonyl (C=O) groups excluding carboxylic acids is 1. The average molecular weight is 527 g/mol. The van der Waals surface area contributed by atoms with Gasteiger partial charge in [-0.3, -0.25) is 9.69 Å². The van der Waals surface area contributed by atoms with Crippen molar-refractivity contribution in [1.82, 2.24) is 20.1 Å². The fourth-order valence-electron chi connectivity index (χ4n) is 4.51. The molecule has 1 aromatic heterocycles. The first-order valence-electron chi connectivity index (χ1n) is 12.7. The van der Waals surface area contributed by atoms with Gasteiger partial charge < -0.3 is 19.7 Å². The number of thiazole rings is 1. The quantitative estimate of drug-likeness (QED) is 0.357. The molecule has 0 spiro atoms. The molecular weight excluding hydrogens is 491 g/mol. The SMILES string of the molecule is COc1ccc(CCN(Cc2nc(C(=O)NCCN3CCCC3)cs2)Cc2ccccc2F)cc1OC. The van der Waals surface area contributed by atoms with Gasteiger partial charge in [-0.15, -0.1) is 11.3 Å². The zero-order chi connectivity index (χ0) is 26.0. The molecule has 0 radical (unpaired) electrons. The molecular formula is C28H35FN4O3S. The van der Waals surface area contributed by atoms with Crippen LogP contribution in [0, 0.1) is 5.82 Å². The van der Waals surface area contributed by atoms with Crippen LogP contribution in [0.4, 0.5) is 4.39 Å². The van der Waals surface area contributed by atoms with Gasteiger partial charge in [-0.1, -0.05) is 24.3 Å². The van der Waals surface area contributed by atoms with Crippen LogP contribution in [0.5, 0.6) is 11.5 Å². The van der Waals surface area contributed by atoms with E-state index in [1.165, 1.54) is 30.2 Å². The lowest BCUT2D eigenvalue weighted by Crippen LogP contribution is -2.33. The Morgan fingerprint density at radius 3 is 2.65 bits per heavy atom. The third kappa shape index (κ3) is 7.74. The molecule has 0 atom stereocenters. The lowest BCUT2D eigenvalue weighted by atomic mass is 10.1. The van der Waals surface area contributed by atoms with E-state index in [1.807, 2.05) is 24.3 Å². The lowest BCUT2D eigenvalue weighted by molar-refractivity contribution is 0.0945. The van der Waals surface area contributed by atoms with Crippen molar-refractivity contribution in [3.8, 4) is 11.5 Å². The number of amides is 1. The van der Waals surface area contributed by atoms with Crippen LogP contribution in [0.15, 0.2) is 47.8 Å². The Kier molecular flexibility index (Phi) is 9.87. The molecule has 4 rings (SSSR count). The van der Waals surface area contributed by atoms with Crippen LogP contribution in [0.2, 0.25) is 0 Å². The molecule has 3 aromatic rings. The van der Waals surface area contributed by atoms with Crippen LogP contribution in [0.3, 0.4) is 0 Å². The number of nitrogens with zero attached hydrogens (tertiary/aromatic N) is 3. The van der Waals surface area contributed by atoms with Gasteiger partial charge in [0, 0.05) is 37.1 Å². The summed E-state index contributed by atoms with van der Waals surface area (Å²) in [6.45, 7) is 5.35. The Balaban J connectivity index is 1.39. The Morgan fingerprint density at radius 2 is 1.89 bits per heavy atom. The summed E-state index contributed by atoms with van der Waals surface area (Å²) in [5.41, 5.74) is 2.16. The van der Waals surface area contributed by atoms with Gasteiger partial charge in [-0.05, 0) is 56.1 Å². The van der Waals surface area contributed by atoms with Gasteiger partial charge in [0.25, 0.3) is 5.91 Å². The predicted molar refractivity (Wildman–Crippen MR) is 144 cm³/mol. The summed E-state index contributed by atoms with van der Waals surface area (Å²) in [4.78, 5) is 21.7. The van der Waals surface area contributed by atoms with Gasteiger partial charge in [0.05, 0.1) is 20.8 Å². The van der Waals surface area contributed by atoms with Crippen LogP contribution in [-0.4, -0.2) is 67.6 Å². The lowest BCUT2D eigenvalue weighted by Gasteiger charge is -2.22. The van der Waals surface area contributed by atoms with Crippen LogP contribution in [0.1, 0.15) is 39.5 Å². The first kappa shape index (κ1) is 27.0. The molecule has 37 heavy (non-hydrogen) atoms. The van der Waals surface area contributed by atoms with Gasteiger partial charge in [-0.2, -0.15) is 0 Å². The standard InChI is InChI=1S/C28H35FN4O3S/c1-35-25-10-9-21(17-26(25)36-2)11-15-33(18-22-7-3-4-8-23(22)29)19-27-31-24(20-37-27)28(34)30-12-16-32-13-5-6-14-32/h3-4,7-10,17,20H,5-6,11-16,18-19H2,1-2H3,(H,30,34). The molecule has 2 heterocycles. The number of hydrogen-bond donors (Lipinski definition) is 1. The third-order valence-electron chi connectivity index (χ3n) is 6.57. The summed E-state index contributed by atoms with van der Waals surface area (Å²) in [6.07, 6.45) is 3.21. The Labute approximate surface area is 222 Å². The van der Waals surface area contributed by atoms with Crippen molar-refractivity contribution in [2.75, 3.05) is 46.9 Å². The Bertz CT molecular complexity index is 1170. The van der Waals surface area contributed by atoms with E-state index < -0.39 is 0 Å². The van der Waals surface area contributed by atoms with E-state index in [0.717, 1.165) is 36.6 Å². The van der Waals surface area contributed by atoms with E-state index >= 15 is 0 Å². The van der Waals surface area contributed by atoms with Gasteiger partial charge in [0.2, 0.25) is 0 Å². The number of hydrogen-bond acceptors (Lipinski definition) is 7. The number of ether oxygens (including phenoxy) is 2. The minimum Gasteiger partial charge on any atom is -0.493 e. The largest absolute Gasteiger partial charge is 0.493 e. The smallest absolute Gasteiger partial charge is 0.270 e. The van der Waals surface area contributed by atoms with Gasteiger partial charge in [-0.25, -0.2) is 9.37 Å². The molecule has 1 fully saturated rings. The molecule has 0 aliphatic carbocycles. The van der Waals surface area contributed by atoms with Crippen LogP contribution in [-0.2, 0) is 19.5 Å². The van der Waals surface area contributed by atoms with Crippen LogP contribution >= 0.6 is 11.3 Å². The fraction of sp³-hybridized carbons (Fsp3) is 0.429. The van der Waals surface area contributed by atoms with Crippen molar-refractivity contribution in [2.45, 2.75) is 32.4 Å². The number of nitrogens with one attached hydrogen (secondary N) is 1. The molecule has 7 nitrogen and oxygen atoms in total. The normalized spacial score (nSPS) is 13.7. The van der Waals surface area contributed by atoms with E-state index in [9.17, 15) is 9.18 Å². The minimum atomic E-state index is -0.226. The third-order valence-corrected chi connectivity index (χ3v) is 7.41. The number of rotatable bonds is 13. The Hall–Kier alpha value is -3.01. The highest BCUT2D eigenvalue weighted by Crippen LogP contribution is 2.28. The maximum absolute atomic E-state index is 14.4. The molecule has 1 saturated heterocycles. The zero-order valence-corrected chi connectivity index (χ0v) is 22.4. The Morgan fingerprint density at radius 1 is 1.11 bits per heavy atom. The van der Waals surface area contributed by atoms with Crippen molar-refractivity contribution in [3.63, 3.8) is 0 Å². The molecule has 1 amide bonds. The number of carbonyl (C=O) groups is 1. The van der Waals surface area contributed by atoms with E-state index in [4.69, 9.17) is 9.47 Å². The second-order valence-electron chi connectivity index (χ2n) is 9.17. The number of methoxy groups -OCH3 is 2. The summed E-state index contributed by atoms with van der Waals surface area (Å²) in [7, 11) is 3.23. The molecule has 1 N–H and O–H groups in total. The first-order valence-corrected chi connectivity index (χ1v) is 13.6. The summed E-state index contributed by atoms with van der Waals surface area (Å²) < 4.78 is 25.2. The van der Waals surface area contributed by atoms with E-state index in [2.05, 4.69) is 20.1 Å². The number of benzene rings is 2. The maximum Gasteiger partial charge on any atom is 0.270 e. The molecule has 1 aliphatic rings. The summed E-state index contributed by atoms with van der Waals surface area (Å²) in [6, 6.07) is 12.7. The van der Waals surface area contributed by atoms with E-state index in [0.29, 0.717) is 48.9 Å². The number of likely N-dealkylation sites (tertiary alicyclic amines) is 1. The van der Waals surface area contributed by atoms with Crippen molar-refractivity contribution in [3.05, 3.63) is 75.5 Å². The summed E-state index contributed by atoms with van der Waals surface area (Å²) in [5, 5.41) is 5.61. The molecule has 198 valence electrons. The van der Waals surface area contributed by atoms with Crippen LogP contribution < -0.4 is 14.8 Å². The zero-order valence-electron chi connectivity index (χ0n) is 21.5. The minimum absolute atomic E-state index is 0.146. The number of aromatic nitrogens is 1. The first-order chi connectivity index (χ1) is 18.1. The maximum atomic E-state index is 14.4. The summed E-state index contributed by atoms with van der Waals surface area (Å²) in [5.74, 6) is 0.993. The van der Waals surface area contributed by atoms with Crippen molar-refractivity contribution >= 4 is 17.2 Å². The number of halogens is 1. The van der Waals surface area contributed by atoms with Gasteiger partial charge >= 0.3 is 0 Å². The highest BCUT2D eigenvalue weighted by Gasteiger charge is 2.17. The molecule has 1 aliphatic heterocycles. The second kappa shape index (κ2) is 13.5. The van der Waals surface area contributed by atoms with Gasteiger partial charge in [0.1, 0.15) is 16.5 Å². The van der Waals surface area contributed by atoms with E-state index in [1.54, 1.807) is 31.7 Å². The molecule has 0 saturated carbocycles. The second-order valence-corrected chi connectivity index (χ2v) is 10.1. The van der Waals surface area contributed by atoms with Gasteiger partial charge in [0.15, 0.2) is 11.5 Å². The van der Waals surface area contributed by atoms with Crippen LogP contribution in [0.25, 0.3) is 0 Å². The highest BCUT2D eigenvalue weighted by molar-refractivity contribution is 7.09. The summed E-state index contributed by atoms with van der Waals surface area (Å²) >= 11 is 1.46. The monoisotopic (exact) mass is 526 g/mol. The fourth-order valence-corrected chi connectivity index (χ4v) is 5.32. The van der Waals surface area contributed by atoms with Crippen molar-refractivity contribution < 1.29 is 18.7 Å². The average Bonchev–Trinajstić information content (AvgIpc) is 3.61. The van der Waals surface area contributed by atoms with Crippen molar-refractivity contribution in [1.29, 1.82) is 0 Å². The van der Waals surface area contributed by atoms with E-state index in [-0.39, 0.29) is 11.7 Å². The molecule has 9 heteroatoms.